The van der Waals surface area contributed by atoms with Crippen molar-refractivity contribution in [3.8, 4) is 11.1 Å². The molecule has 0 bridgehead atoms. The molecule has 3 aromatic rings. The minimum Gasteiger partial charge on any atom is -0.476 e. The van der Waals surface area contributed by atoms with Crippen LogP contribution in [0.3, 0.4) is 0 Å². The van der Waals surface area contributed by atoms with Crippen LogP contribution in [-0.4, -0.2) is 5.84 Å². The first-order valence-electron chi connectivity index (χ1n) is 9.63. The molecule has 141 valence electrons. The molecule has 3 nitrogen and oxygen atoms in total. The van der Waals surface area contributed by atoms with Gasteiger partial charge in [-0.25, -0.2) is 0 Å². The smallest absolute Gasteiger partial charge is 0.127 e. The summed E-state index contributed by atoms with van der Waals surface area (Å²) in [5.41, 5.74) is 8.91. The van der Waals surface area contributed by atoms with Gasteiger partial charge < -0.3 is 9.91 Å². The SMILES string of the molecule is [Ir].[c-]1cccc2c1N1[CH-]N(c3ccccc3)N=C1c1cc3c(cc1-2)CCCC3. The van der Waals surface area contributed by atoms with Gasteiger partial charge in [0.15, 0.2) is 0 Å². The van der Waals surface area contributed by atoms with Crippen molar-refractivity contribution in [2.45, 2.75) is 25.7 Å². The summed E-state index contributed by atoms with van der Waals surface area (Å²) in [6.45, 7) is 2.07. The van der Waals surface area contributed by atoms with E-state index >= 15 is 0 Å². The average Bonchev–Trinajstić information content (AvgIpc) is 3.19. The zero-order chi connectivity index (χ0) is 17.8. The molecule has 1 radical (unpaired) electrons. The number of nitrogens with zero attached hydrogens (tertiary/aromatic N) is 3. The molecule has 0 unspecified atom stereocenters. The summed E-state index contributed by atoms with van der Waals surface area (Å²) in [5, 5.41) is 6.94. The molecule has 0 saturated carbocycles. The second-order valence-corrected chi connectivity index (χ2v) is 7.40. The van der Waals surface area contributed by atoms with E-state index in [9.17, 15) is 0 Å². The molecular weight excluding hydrogens is 523 g/mol. The van der Waals surface area contributed by atoms with E-state index in [-0.39, 0.29) is 20.1 Å². The van der Waals surface area contributed by atoms with Crippen LogP contribution >= 0.6 is 0 Å². The minimum atomic E-state index is 0. The van der Waals surface area contributed by atoms with E-state index in [2.05, 4.69) is 54.0 Å². The molecule has 0 amide bonds. The van der Waals surface area contributed by atoms with E-state index in [1.807, 2.05) is 29.3 Å². The Kier molecular flexibility index (Phi) is 4.34. The number of benzene rings is 3. The van der Waals surface area contributed by atoms with Crippen molar-refractivity contribution in [1.29, 1.82) is 0 Å². The van der Waals surface area contributed by atoms with Gasteiger partial charge in [-0.05, 0) is 55.0 Å². The Balaban J connectivity index is 0.00000171. The quantitative estimate of drug-likeness (QED) is 0.397. The van der Waals surface area contributed by atoms with Crippen molar-refractivity contribution in [2.24, 2.45) is 5.10 Å². The third-order valence-corrected chi connectivity index (χ3v) is 5.76. The third-order valence-electron chi connectivity index (χ3n) is 5.76. The molecule has 0 saturated heterocycles. The molecule has 6 rings (SSSR count). The molecule has 0 atom stereocenters. The summed E-state index contributed by atoms with van der Waals surface area (Å²) in [7, 11) is 0. The molecule has 28 heavy (non-hydrogen) atoms. The predicted molar refractivity (Wildman–Crippen MR) is 110 cm³/mol. The largest absolute Gasteiger partial charge is 0.476 e. The maximum atomic E-state index is 4.97. The Morgan fingerprint density at radius 2 is 1.61 bits per heavy atom. The number of anilines is 2. The van der Waals surface area contributed by atoms with Crippen molar-refractivity contribution in [1.82, 2.24) is 0 Å². The van der Waals surface area contributed by atoms with Gasteiger partial charge in [0.2, 0.25) is 0 Å². The first-order valence-corrected chi connectivity index (χ1v) is 9.63. The number of fused-ring (bicyclic) bond motifs is 7. The van der Waals surface area contributed by atoms with Crippen LogP contribution in [0.15, 0.2) is 65.8 Å². The van der Waals surface area contributed by atoms with Gasteiger partial charge in [0.1, 0.15) is 5.84 Å². The third kappa shape index (κ3) is 2.63. The van der Waals surface area contributed by atoms with Gasteiger partial charge in [-0.15, -0.1) is 12.2 Å². The summed E-state index contributed by atoms with van der Waals surface area (Å²) in [4.78, 5) is 2.18. The minimum absolute atomic E-state index is 0. The van der Waals surface area contributed by atoms with E-state index in [4.69, 9.17) is 5.10 Å². The van der Waals surface area contributed by atoms with Crippen LogP contribution in [0.2, 0.25) is 0 Å². The van der Waals surface area contributed by atoms with Gasteiger partial charge in [0, 0.05) is 31.4 Å². The number of hydrogen-bond acceptors (Lipinski definition) is 3. The van der Waals surface area contributed by atoms with Crippen LogP contribution in [-0.2, 0) is 32.9 Å². The summed E-state index contributed by atoms with van der Waals surface area (Å²) < 4.78 is 0. The number of amidine groups is 1. The number of hydrogen-bond donors (Lipinski definition) is 0. The maximum Gasteiger partial charge on any atom is 0.127 e. The van der Waals surface area contributed by atoms with Gasteiger partial charge in [0.25, 0.3) is 0 Å². The van der Waals surface area contributed by atoms with E-state index < -0.39 is 0 Å². The van der Waals surface area contributed by atoms with Gasteiger partial charge in [-0.2, -0.15) is 29.4 Å². The fraction of sp³-hybridized carbons (Fsp3) is 0.167. The summed E-state index contributed by atoms with van der Waals surface area (Å²) in [5.74, 6) is 0.997. The van der Waals surface area contributed by atoms with E-state index in [0.29, 0.717) is 0 Å². The van der Waals surface area contributed by atoms with Crippen LogP contribution in [0.4, 0.5) is 11.4 Å². The predicted octanol–water partition coefficient (Wildman–Crippen LogP) is 5.15. The molecule has 1 aliphatic carbocycles. The van der Waals surface area contributed by atoms with Gasteiger partial charge in [-0.1, -0.05) is 35.5 Å². The van der Waals surface area contributed by atoms with Crippen molar-refractivity contribution >= 4 is 17.2 Å². The Labute approximate surface area is 179 Å². The second kappa shape index (κ2) is 6.88. The topological polar surface area (TPSA) is 18.8 Å². The van der Waals surface area contributed by atoms with Crippen LogP contribution in [0, 0.1) is 12.7 Å². The molecule has 0 fully saturated rings. The molecule has 0 aromatic heterocycles. The molecule has 3 aliphatic rings. The zero-order valence-electron chi connectivity index (χ0n) is 15.4. The summed E-state index contributed by atoms with van der Waals surface area (Å²) in [6.07, 6.45) is 4.94. The van der Waals surface area contributed by atoms with E-state index in [1.54, 1.807) is 0 Å². The van der Waals surface area contributed by atoms with Crippen molar-refractivity contribution in [2.75, 3.05) is 9.91 Å². The fourth-order valence-corrected chi connectivity index (χ4v) is 4.43. The molecule has 3 aromatic carbocycles. The monoisotopic (exact) mass is 542 g/mol. The Hall–Kier alpha value is -2.42. The number of hydrazone groups is 1. The number of para-hydroxylation sites is 2. The van der Waals surface area contributed by atoms with Gasteiger partial charge >= 0.3 is 0 Å². The molecule has 4 heteroatoms. The van der Waals surface area contributed by atoms with Crippen molar-refractivity contribution in [3.05, 3.63) is 90.1 Å². The molecular formula is C24H19IrN3-2. The first kappa shape index (κ1) is 17.7. The van der Waals surface area contributed by atoms with E-state index in [1.165, 1.54) is 53.5 Å². The Bertz CT molecular complexity index is 1070. The molecule has 2 heterocycles. The van der Waals surface area contributed by atoms with Crippen LogP contribution in [0.1, 0.15) is 29.5 Å². The standard InChI is InChI=1S/C24H19N3.Ir/c1-2-10-19(11-3-1)27-16-26-23-13-7-6-12-20(23)21-14-17-8-4-5-9-18(17)15-22(21)24(26)25-27;/h1-3,6-7,10-12,14-16H,4-5,8-9H2;/q-2;. The normalized spacial score (nSPS) is 16.4. The van der Waals surface area contributed by atoms with Crippen LogP contribution in [0.5, 0.6) is 0 Å². The Morgan fingerprint density at radius 3 is 2.39 bits per heavy atom. The number of rotatable bonds is 1. The molecule has 2 aliphatic heterocycles. The Morgan fingerprint density at radius 1 is 0.857 bits per heavy atom. The fourth-order valence-electron chi connectivity index (χ4n) is 4.43. The number of aryl methyl sites for hydroxylation is 2. The average molecular weight is 542 g/mol. The molecule has 0 N–H and O–H groups in total. The molecule has 0 spiro atoms. The van der Waals surface area contributed by atoms with Crippen LogP contribution in [0.25, 0.3) is 11.1 Å². The van der Waals surface area contributed by atoms with Gasteiger partial charge in [0.05, 0.1) is 0 Å². The summed E-state index contributed by atoms with van der Waals surface area (Å²) in [6, 6.07) is 24.8. The first-order chi connectivity index (χ1) is 13.4. The summed E-state index contributed by atoms with van der Waals surface area (Å²) >= 11 is 0. The van der Waals surface area contributed by atoms with Gasteiger partial charge in [-0.3, -0.25) is 0 Å². The van der Waals surface area contributed by atoms with Crippen molar-refractivity contribution < 1.29 is 20.1 Å². The maximum absolute atomic E-state index is 4.97. The van der Waals surface area contributed by atoms with Crippen LogP contribution < -0.4 is 9.91 Å². The van der Waals surface area contributed by atoms with Crippen molar-refractivity contribution in [3.63, 3.8) is 0 Å². The zero-order valence-corrected chi connectivity index (χ0v) is 17.7. The van der Waals surface area contributed by atoms with E-state index in [0.717, 1.165) is 17.2 Å². The second-order valence-electron chi connectivity index (χ2n) is 7.40.